The van der Waals surface area contributed by atoms with E-state index >= 15 is 0 Å². The van der Waals surface area contributed by atoms with Crippen molar-refractivity contribution in [3.8, 4) is 0 Å². The highest BCUT2D eigenvalue weighted by Crippen LogP contribution is 2.02. The molecule has 0 rings (SSSR count). The van der Waals surface area contributed by atoms with Gasteiger partial charge in [-0.25, -0.2) is 0 Å². The first-order valence-corrected chi connectivity index (χ1v) is 5.94. The zero-order valence-corrected chi connectivity index (χ0v) is 10.6. The van der Waals surface area contributed by atoms with Crippen LogP contribution in [0.2, 0.25) is 0 Å². The lowest BCUT2D eigenvalue weighted by Crippen LogP contribution is -2.30. The lowest BCUT2D eigenvalue weighted by Gasteiger charge is -2.20. The topological polar surface area (TPSA) is 46.6 Å². The van der Waals surface area contributed by atoms with Gasteiger partial charge in [0.2, 0.25) is 5.91 Å². The summed E-state index contributed by atoms with van der Waals surface area (Å²) in [5.74, 6) is -0.0607. The molecule has 1 amide bonds. The van der Waals surface area contributed by atoms with Gasteiger partial charge in [0.25, 0.3) is 0 Å². The number of ether oxygens (including phenoxy) is 1. The predicted molar refractivity (Wildman–Crippen MR) is 63.0 cm³/mol. The molecule has 0 fully saturated rings. The van der Waals surface area contributed by atoms with E-state index in [0.29, 0.717) is 6.42 Å². The van der Waals surface area contributed by atoms with E-state index in [-0.39, 0.29) is 11.9 Å². The van der Waals surface area contributed by atoms with Gasteiger partial charge in [-0.05, 0) is 19.3 Å². The molecular formula is C12H23NO3. The fraction of sp³-hybridized carbons (Fsp3) is 0.833. The van der Waals surface area contributed by atoms with Crippen LogP contribution in [-0.4, -0.2) is 37.0 Å². The zero-order chi connectivity index (χ0) is 12.4. The second-order valence-electron chi connectivity index (χ2n) is 3.89. The summed E-state index contributed by atoms with van der Waals surface area (Å²) in [5.41, 5.74) is 0. The Kier molecular flexibility index (Phi) is 8.58. The van der Waals surface area contributed by atoms with Crippen LogP contribution in [0.4, 0.5) is 0 Å². The van der Waals surface area contributed by atoms with Crippen LogP contribution in [0.15, 0.2) is 0 Å². The van der Waals surface area contributed by atoms with Gasteiger partial charge < -0.3 is 9.64 Å². The van der Waals surface area contributed by atoms with Crippen LogP contribution < -0.4 is 0 Å². The largest absolute Gasteiger partial charge is 0.469 e. The number of unbranched alkanes of at least 4 members (excludes halogenated alkanes) is 2. The summed E-state index contributed by atoms with van der Waals surface area (Å²) in [4.78, 5) is 24.0. The molecule has 4 nitrogen and oxygen atoms in total. The quantitative estimate of drug-likeness (QED) is 0.472. The van der Waals surface area contributed by atoms with Gasteiger partial charge in [0, 0.05) is 26.4 Å². The summed E-state index contributed by atoms with van der Waals surface area (Å²) >= 11 is 0. The van der Waals surface area contributed by atoms with Gasteiger partial charge in [0.05, 0.1) is 7.11 Å². The van der Waals surface area contributed by atoms with Crippen LogP contribution >= 0.6 is 0 Å². The third-order valence-corrected chi connectivity index (χ3v) is 2.51. The molecule has 0 aliphatic heterocycles. The maximum atomic E-state index is 11.3. The molecule has 0 aromatic carbocycles. The van der Waals surface area contributed by atoms with Crippen molar-refractivity contribution in [1.82, 2.24) is 4.90 Å². The summed E-state index contributed by atoms with van der Waals surface area (Å²) in [5, 5.41) is 0. The average molecular weight is 229 g/mol. The maximum absolute atomic E-state index is 11.3. The Morgan fingerprint density at radius 1 is 1.12 bits per heavy atom. The van der Waals surface area contributed by atoms with Crippen LogP contribution in [-0.2, 0) is 14.3 Å². The van der Waals surface area contributed by atoms with E-state index in [1.54, 1.807) is 6.92 Å². The molecule has 94 valence electrons. The standard InChI is InChI=1S/C12H23NO3/c1-4-5-9-13(11(2)14)10-7-6-8-12(15)16-3/h4-10H2,1-3H3. The van der Waals surface area contributed by atoms with Crippen molar-refractivity contribution in [1.29, 1.82) is 0 Å². The number of esters is 1. The molecule has 0 radical (unpaired) electrons. The van der Waals surface area contributed by atoms with E-state index < -0.39 is 0 Å². The van der Waals surface area contributed by atoms with Crippen LogP contribution in [0.1, 0.15) is 46.0 Å². The highest BCUT2D eigenvalue weighted by atomic mass is 16.5. The molecule has 0 bridgehead atoms. The van der Waals surface area contributed by atoms with Gasteiger partial charge in [-0.2, -0.15) is 0 Å². The maximum Gasteiger partial charge on any atom is 0.305 e. The molecule has 4 heteroatoms. The molecule has 0 unspecified atom stereocenters. The Morgan fingerprint density at radius 3 is 2.25 bits per heavy atom. The number of methoxy groups -OCH3 is 1. The smallest absolute Gasteiger partial charge is 0.305 e. The van der Waals surface area contributed by atoms with E-state index in [2.05, 4.69) is 11.7 Å². The molecule has 0 saturated heterocycles. The third kappa shape index (κ3) is 7.26. The summed E-state index contributed by atoms with van der Waals surface area (Å²) in [6.07, 6.45) is 4.21. The molecule has 0 spiro atoms. The SMILES string of the molecule is CCCCN(CCCCC(=O)OC)C(C)=O. The molecule has 16 heavy (non-hydrogen) atoms. The first kappa shape index (κ1) is 14.9. The number of carbonyl (C=O) groups is 2. The van der Waals surface area contributed by atoms with Crippen molar-refractivity contribution in [3.05, 3.63) is 0 Å². The Labute approximate surface area is 98.0 Å². The van der Waals surface area contributed by atoms with Crippen molar-refractivity contribution in [2.45, 2.75) is 46.0 Å². The number of nitrogens with zero attached hydrogens (tertiary/aromatic N) is 1. The minimum absolute atomic E-state index is 0.117. The van der Waals surface area contributed by atoms with Crippen molar-refractivity contribution < 1.29 is 14.3 Å². The van der Waals surface area contributed by atoms with Crippen molar-refractivity contribution in [3.63, 3.8) is 0 Å². The van der Waals surface area contributed by atoms with E-state index in [1.165, 1.54) is 7.11 Å². The summed E-state index contributed by atoms with van der Waals surface area (Å²) in [6, 6.07) is 0. The van der Waals surface area contributed by atoms with Crippen LogP contribution in [0, 0.1) is 0 Å². The highest BCUT2D eigenvalue weighted by molar-refractivity contribution is 5.73. The summed E-state index contributed by atoms with van der Waals surface area (Å²) < 4.78 is 4.55. The Morgan fingerprint density at radius 2 is 1.75 bits per heavy atom. The van der Waals surface area contributed by atoms with Crippen molar-refractivity contribution in [2.24, 2.45) is 0 Å². The van der Waals surface area contributed by atoms with Crippen molar-refractivity contribution >= 4 is 11.9 Å². The molecule has 0 aromatic heterocycles. The lowest BCUT2D eigenvalue weighted by atomic mass is 10.2. The highest BCUT2D eigenvalue weighted by Gasteiger charge is 2.07. The monoisotopic (exact) mass is 229 g/mol. The van der Waals surface area contributed by atoms with E-state index in [1.807, 2.05) is 4.90 Å². The molecule has 0 aliphatic rings. The normalized spacial score (nSPS) is 9.94. The number of carbonyl (C=O) groups excluding carboxylic acids is 2. The number of hydrogen-bond acceptors (Lipinski definition) is 3. The van der Waals surface area contributed by atoms with Crippen LogP contribution in [0.3, 0.4) is 0 Å². The molecule has 0 aromatic rings. The minimum atomic E-state index is -0.178. The summed E-state index contributed by atoms with van der Waals surface area (Å²) in [6.45, 7) is 5.27. The second-order valence-corrected chi connectivity index (χ2v) is 3.89. The van der Waals surface area contributed by atoms with Gasteiger partial charge in [-0.3, -0.25) is 9.59 Å². The van der Waals surface area contributed by atoms with Crippen LogP contribution in [0.25, 0.3) is 0 Å². The van der Waals surface area contributed by atoms with Crippen LogP contribution in [0.5, 0.6) is 0 Å². The molecule has 0 saturated carbocycles. The first-order valence-electron chi connectivity index (χ1n) is 5.94. The second kappa shape index (κ2) is 9.19. The van der Waals surface area contributed by atoms with Gasteiger partial charge in [-0.1, -0.05) is 13.3 Å². The van der Waals surface area contributed by atoms with E-state index in [0.717, 1.165) is 38.8 Å². The fourth-order valence-corrected chi connectivity index (χ4v) is 1.45. The minimum Gasteiger partial charge on any atom is -0.469 e. The first-order chi connectivity index (χ1) is 7.61. The number of amides is 1. The Bertz CT molecular complexity index is 216. The third-order valence-electron chi connectivity index (χ3n) is 2.51. The Balaban J connectivity index is 3.67. The van der Waals surface area contributed by atoms with Gasteiger partial charge in [-0.15, -0.1) is 0 Å². The zero-order valence-electron chi connectivity index (χ0n) is 10.6. The Hall–Kier alpha value is -1.06. The molecular weight excluding hydrogens is 206 g/mol. The average Bonchev–Trinajstić information content (AvgIpc) is 2.27. The number of rotatable bonds is 8. The van der Waals surface area contributed by atoms with Crippen molar-refractivity contribution in [2.75, 3.05) is 20.2 Å². The van der Waals surface area contributed by atoms with Gasteiger partial charge in [0.1, 0.15) is 0 Å². The molecule has 0 heterocycles. The van der Waals surface area contributed by atoms with E-state index in [4.69, 9.17) is 0 Å². The lowest BCUT2D eigenvalue weighted by molar-refractivity contribution is -0.140. The number of hydrogen-bond donors (Lipinski definition) is 0. The molecule has 0 aliphatic carbocycles. The van der Waals surface area contributed by atoms with Gasteiger partial charge in [0.15, 0.2) is 0 Å². The summed E-state index contributed by atoms with van der Waals surface area (Å²) in [7, 11) is 1.39. The van der Waals surface area contributed by atoms with E-state index in [9.17, 15) is 9.59 Å². The van der Waals surface area contributed by atoms with Gasteiger partial charge >= 0.3 is 5.97 Å². The molecule has 0 N–H and O–H groups in total. The predicted octanol–water partition coefficient (Wildman–Crippen LogP) is 1.98. The fourth-order valence-electron chi connectivity index (χ4n) is 1.45. The molecule has 0 atom stereocenters.